The van der Waals surface area contributed by atoms with Crippen molar-refractivity contribution in [2.75, 3.05) is 0 Å². The first-order chi connectivity index (χ1) is 13.4. The largest absolute Gasteiger partial charge is 0.491 e. The highest BCUT2D eigenvalue weighted by atomic mass is 16.5. The van der Waals surface area contributed by atoms with Gasteiger partial charge in [-0.05, 0) is 90.6 Å². The minimum absolute atomic E-state index is 0.0225. The van der Waals surface area contributed by atoms with E-state index in [0.717, 1.165) is 37.9 Å². The number of carbonyl (C=O) groups excluding carboxylic acids is 1. The van der Waals surface area contributed by atoms with Crippen LogP contribution in [0.2, 0.25) is 0 Å². The van der Waals surface area contributed by atoms with Gasteiger partial charge in [-0.15, -0.1) is 0 Å². The third-order valence-corrected chi connectivity index (χ3v) is 8.13. The van der Waals surface area contributed by atoms with Crippen molar-refractivity contribution in [3.8, 4) is 0 Å². The van der Waals surface area contributed by atoms with Crippen molar-refractivity contribution in [3.63, 3.8) is 0 Å². The van der Waals surface area contributed by atoms with Crippen molar-refractivity contribution in [3.05, 3.63) is 34.6 Å². The molecule has 0 spiro atoms. The summed E-state index contributed by atoms with van der Waals surface area (Å²) < 4.78 is 6.76. The van der Waals surface area contributed by atoms with Gasteiger partial charge in [0.25, 0.3) is 0 Å². The molecule has 0 bridgehead atoms. The molecule has 2 fully saturated rings. The molecular formula is C27H42O2. The Morgan fingerprint density at radius 2 is 1.72 bits per heavy atom. The number of hydrogen-bond donors (Lipinski definition) is 0. The second kappa shape index (κ2) is 7.43. The molecule has 2 nitrogen and oxygen atoms in total. The van der Waals surface area contributed by atoms with E-state index in [9.17, 15) is 4.79 Å². The number of rotatable bonds is 6. The summed E-state index contributed by atoms with van der Waals surface area (Å²) >= 11 is 0. The standard InChI is InChI=1S/C27H42O2/c1-17(2)10-12-20-16-21(13-11-18(3)4)26(9)15-14-22-25(7,8)29-24(20)27(22,26)23(28)19(5)6/h10-11,19,21-22H,12-16H2,1-9H3/t21-,22?,26+,27+/m0/s1. The minimum Gasteiger partial charge on any atom is -0.491 e. The van der Waals surface area contributed by atoms with Crippen LogP contribution in [0.1, 0.15) is 94.4 Å². The Bertz CT molecular complexity index is 770. The number of hydrogen-bond acceptors (Lipinski definition) is 2. The van der Waals surface area contributed by atoms with E-state index >= 15 is 0 Å². The van der Waals surface area contributed by atoms with Gasteiger partial charge in [-0.1, -0.05) is 44.1 Å². The molecule has 0 aromatic carbocycles. The van der Waals surface area contributed by atoms with Crippen LogP contribution in [0.15, 0.2) is 34.6 Å². The van der Waals surface area contributed by atoms with Crippen LogP contribution >= 0.6 is 0 Å². The zero-order valence-electron chi connectivity index (χ0n) is 20.2. The van der Waals surface area contributed by atoms with Gasteiger partial charge in [0.15, 0.2) is 0 Å². The van der Waals surface area contributed by atoms with Crippen LogP contribution in [0.3, 0.4) is 0 Å². The number of ether oxygens (including phenoxy) is 1. The Hall–Kier alpha value is -1.31. The molecule has 1 aliphatic heterocycles. The predicted octanol–water partition coefficient (Wildman–Crippen LogP) is 7.41. The average molecular weight is 399 g/mol. The Labute approximate surface area is 178 Å². The van der Waals surface area contributed by atoms with Crippen molar-refractivity contribution in [1.82, 2.24) is 0 Å². The van der Waals surface area contributed by atoms with Gasteiger partial charge in [0.2, 0.25) is 0 Å². The topological polar surface area (TPSA) is 26.3 Å². The van der Waals surface area contributed by atoms with Crippen LogP contribution in [-0.2, 0) is 9.53 Å². The van der Waals surface area contributed by atoms with E-state index in [4.69, 9.17) is 4.74 Å². The Morgan fingerprint density at radius 1 is 1.10 bits per heavy atom. The van der Waals surface area contributed by atoms with Gasteiger partial charge in [0, 0.05) is 11.8 Å². The summed E-state index contributed by atoms with van der Waals surface area (Å²) in [5, 5.41) is 0. The molecule has 1 saturated heterocycles. The van der Waals surface area contributed by atoms with E-state index in [1.807, 2.05) is 0 Å². The van der Waals surface area contributed by atoms with E-state index in [1.54, 1.807) is 0 Å². The smallest absolute Gasteiger partial charge is 0.150 e. The van der Waals surface area contributed by atoms with Crippen LogP contribution in [0.5, 0.6) is 0 Å². The average Bonchev–Trinajstić information content (AvgIpc) is 3.06. The summed E-state index contributed by atoms with van der Waals surface area (Å²) in [7, 11) is 0. The summed E-state index contributed by atoms with van der Waals surface area (Å²) in [6, 6.07) is 0. The zero-order valence-corrected chi connectivity index (χ0v) is 20.2. The molecule has 2 heteroatoms. The molecule has 0 amide bonds. The van der Waals surface area contributed by atoms with Crippen molar-refractivity contribution < 1.29 is 9.53 Å². The van der Waals surface area contributed by atoms with Gasteiger partial charge >= 0.3 is 0 Å². The lowest BCUT2D eigenvalue weighted by Crippen LogP contribution is -2.54. The first-order valence-corrected chi connectivity index (χ1v) is 11.6. The third-order valence-electron chi connectivity index (χ3n) is 8.13. The van der Waals surface area contributed by atoms with Crippen LogP contribution in [0.4, 0.5) is 0 Å². The minimum atomic E-state index is -0.451. The highest BCUT2D eigenvalue weighted by Gasteiger charge is 2.75. The van der Waals surface area contributed by atoms with Gasteiger partial charge in [0.05, 0.1) is 5.41 Å². The third kappa shape index (κ3) is 3.26. The lowest BCUT2D eigenvalue weighted by Gasteiger charge is -2.51. The molecule has 1 heterocycles. The van der Waals surface area contributed by atoms with Crippen LogP contribution in [0, 0.1) is 28.6 Å². The fourth-order valence-corrected chi connectivity index (χ4v) is 6.69. The maximum absolute atomic E-state index is 14.1. The molecule has 2 aliphatic carbocycles. The van der Waals surface area contributed by atoms with Gasteiger partial charge in [-0.3, -0.25) is 4.79 Å². The molecule has 4 atom stereocenters. The van der Waals surface area contributed by atoms with Gasteiger partial charge in [0.1, 0.15) is 17.1 Å². The van der Waals surface area contributed by atoms with Crippen molar-refractivity contribution in [2.24, 2.45) is 28.6 Å². The van der Waals surface area contributed by atoms with Gasteiger partial charge in [-0.2, -0.15) is 0 Å². The first kappa shape index (κ1) is 22.4. The lowest BCUT2D eigenvalue weighted by molar-refractivity contribution is -0.141. The fourth-order valence-electron chi connectivity index (χ4n) is 6.69. The SMILES string of the molecule is CC(C)=CCC1=C2OC(C)(C)C3CC[C@](C)([C@@H](CC=C(C)C)C1)[C@]23C(=O)C(C)C. The summed E-state index contributed by atoms with van der Waals surface area (Å²) in [6.45, 7) is 19.7. The second-order valence-electron chi connectivity index (χ2n) is 11.4. The second-order valence-corrected chi connectivity index (χ2v) is 11.4. The summed E-state index contributed by atoms with van der Waals surface area (Å²) in [5.74, 6) is 2.28. The van der Waals surface area contributed by atoms with E-state index < -0.39 is 5.41 Å². The summed E-state index contributed by atoms with van der Waals surface area (Å²) in [5.41, 5.74) is 3.32. The Kier molecular flexibility index (Phi) is 5.73. The van der Waals surface area contributed by atoms with Crippen LogP contribution in [-0.4, -0.2) is 11.4 Å². The molecular weight excluding hydrogens is 356 g/mol. The summed E-state index contributed by atoms with van der Waals surface area (Å²) in [4.78, 5) is 14.1. The molecule has 1 unspecified atom stereocenters. The van der Waals surface area contributed by atoms with Crippen molar-refractivity contribution in [1.29, 1.82) is 0 Å². The van der Waals surface area contributed by atoms with Gasteiger partial charge < -0.3 is 4.74 Å². The number of carbonyl (C=O) groups is 1. The van der Waals surface area contributed by atoms with Crippen LogP contribution < -0.4 is 0 Å². The highest BCUT2D eigenvalue weighted by molar-refractivity contribution is 5.92. The predicted molar refractivity (Wildman–Crippen MR) is 122 cm³/mol. The normalized spacial score (nSPS) is 34.7. The first-order valence-electron chi connectivity index (χ1n) is 11.6. The molecule has 3 rings (SSSR count). The summed E-state index contributed by atoms with van der Waals surface area (Å²) in [6.07, 6.45) is 9.95. The highest BCUT2D eigenvalue weighted by Crippen LogP contribution is 2.75. The van der Waals surface area contributed by atoms with E-state index in [2.05, 4.69) is 74.5 Å². The molecule has 0 N–H and O–H groups in total. The Balaban J connectivity index is 2.26. The van der Waals surface area contributed by atoms with Crippen LogP contribution in [0.25, 0.3) is 0 Å². The van der Waals surface area contributed by atoms with E-state index in [0.29, 0.717) is 11.7 Å². The van der Waals surface area contributed by atoms with Crippen molar-refractivity contribution >= 4 is 5.78 Å². The van der Waals surface area contributed by atoms with E-state index in [1.165, 1.54) is 16.7 Å². The maximum Gasteiger partial charge on any atom is 0.150 e. The monoisotopic (exact) mass is 398 g/mol. The van der Waals surface area contributed by atoms with Crippen molar-refractivity contribution in [2.45, 2.75) is 100 Å². The molecule has 29 heavy (non-hydrogen) atoms. The maximum atomic E-state index is 14.1. The molecule has 1 saturated carbocycles. The zero-order chi connectivity index (χ0) is 21.8. The quantitative estimate of drug-likeness (QED) is 0.435. The molecule has 0 radical (unpaired) electrons. The lowest BCUT2D eigenvalue weighted by atomic mass is 9.48. The molecule has 0 aromatic heterocycles. The molecule has 0 aromatic rings. The molecule has 3 aliphatic rings. The molecule has 162 valence electrons. The number of allylic oxidation sites excluding steroid dienone is 6. The van der Waals surface area contributed by atoms with E-state index in [-0.39, 0.29) is 22.9 Å². The van der Waals surface area contributed by atoms with Gasteiger partial charge in [-0.25, -0.2) is 0 Å². The Morgan fingerprint density at radius 3 is 2.28 bits per heavy atom. The fraction of sp³-hybridized carbons (Fsp3) is 0.741. The number of ketones is 1. The number of Topliss-reactive ketones (excluding diaryl/α,β-unsaturated/α-hetero) is 1.